The molecule has 0 aliphatic heterocycles. The summed E-state index contributed by atoms with van der Waals surface area (Å²) in [6, 6.07) is 0. The van der Waals surface area contributed by atoms with Gasteiger partial charge in [-0.25, -0.2) is 0 Å². The van der Waals surface area contributed by atoms with Crippen molar-refractivity contribution in [2.75, 3.05) is 13.6 Å². The molecule has 0 saturated heterocycles. The lowest BCUT2D eigenvalue weighted by Gasteiger charge is -2.24. The Labute approximate surface area is 114 Å². The Hall–Kier alpha value is -1.36. The molecule has 108 valence electrons. The van der Waals surface area contributed by atoms with Crippen LogP contribution in [0.1, 0.15) is 39.5 Å². The van der Waals surface area contributed by atoms with Crippen molar-refractivity contribution in [3.05, 3.63) is 11.8 Å². The minimum Gasteiger partial charge on any atom is -0.512 e. The molecule has 3 N–H and O–H groups in total. The van der Waals surface area contributed by atoms with Gasteiger partial charge in [-0.15, -0.1) is 0 Å². The molecule has 1 rings (SSSR count). The molecule has 1 aliphatic rings. The Morgan fingerprint density at radius 2 is 2.16 bits per heavy atom. The van der Waals surface area contributed by atoms with Crippen LogP contribution in [0, 0.1) is 5.92 Å². The number of amides is 1. The SMILES string of the molecule is CCC(C)(O)CNC(=O)C(/C=C(/O)C1CCC1)=N/C. The van der Waals surface area contributed by atoms with Crippen molar-refractivity contribution < 1.29 is 15.0 Å². The molecule has 1 fully saturated rings. The van der Waals surface area contributed by atoms with Gasteiger partial charge in [-0.05, 0) is 26.2 Å². The van der Waals surface area contributed by atoms with Gasteiger partial charge < -0.3 is 15.5 Å². The predicted molar refractivity (Wildman–Crippen MR) is 75.3 cm³/mol. The van der Waals surface area contributed by atoms with E-state index in [0.717, 1.165) is 19.3 Å². The van der Waals surface area contributed by atoms with E-state index in [1.165, 1.54) is 13.1 Å². The first-order valence-corrected chi connectivity index (χ1v) is 6.77. The van der Waals surface area contributed by atoms with Gasteiger partial charge >= 0.3 is 0 Å². The van der Waals surface area contributed by atoms with E-state index in [9.17, 15) is 15.0 Å². The topological polar surface area (TPSA) is 81.9 Å². The largest absolute Gasteiger partial charge is 0.512 e. The molecule has 1 atom stereocenters. The molecule has 1 aliphatic carbocycles. The predicted octanol–water partition coefficient (Wildman–Crippen LogP) is 1.58. The maximum atomic E-state index is 11.9. The summed E-state index contributed by atoms with van der Waals surface area (Å²) in [4.78, 5) is 15.8. The minimum atomic E-state index is -0.922. The third kappa shape index (κ3) is 4.67. The monoisotopic (exact) mass is 268 g/mol. The number of carbonyl (C=O) groups is 1. The number of aliphatic imine (C=N–C) groups is 1. The average Bonchev–Trinajstić information content (AvgIpc) is 2.31. The van der Waals surface area contributed by atoms with Crippen LogP contribution in [0.15, 0.2) is 16.8 Å². The van der Waals surface area contributed by atoms with Gasteiger partial charge in [-0.1, -0.05) is 13.3 Å². The first kappa shape index (κ1) is 15.7. The van der Waals surface area contributed by atoms with Crippen molar-refractivity contribution in [2.24, 2.45) is 10.9 Å². The van der Waals surface area contributed by atoms with Crippen LogP contribution in [0.2, 0.25) is 0 Å². The number of hydrogen-bond acceptors (Lipinski definition) is 4. The van der Waals surface area contributed by atoms with E-state index in [4.69, 9.17) is 0 Å². The first-order valence-electron chi connectivity index (χ1n) is 6.77. The van der Waals surface area contributed by atoms with Crippen molar-refractivity contribution in [2.45, 2.75) is 45.1 Å². The van der Waals surface area contributed by atoms with E-state index < -0.39 is 5.60 Å². The van der Waals surface area contributed by atoms with Crippen LogP contribution < -0.4 is 5.32 Å². The van der Waals surface area contributed by atoms with Gasteiger partial charge in [0.1, 0.15) is 5.71 Å². The second-order valence-corrected chi connectivity index (χ2v) is 5.34. The zero-order valence-electron chi connectivity index (χ0n) is 11.9. The van der Waals surface area contributed by atoms with E-state index in [-0.39, 0.29) is 29.8 Å². The number of hydrogen-bond donors (Lipinski definition) is 3. The molecule has 0 bridgehead atoms. The molecule has 0 spiro atoms. The van der Waals surface area contributed by atoms with E-state index >= 15 is 0 Å². The molecule has 0 radical (unpaired) electrons. The lowest BCUT2D eigenvalue weighted by Crippen LogP contribution is -2.42. The maximum Gasteiger partial charge on any atom is 0.269 e. The van der Waals surface area contributed by atoms with Crippen LogP contribution in [0.3, 0.4) is 0 Å². The van der Waals surface area contributed by atoms with Crippen LogP contribution in [0.4, 0.5) is 0 Å². The van der Waals surface area contributed by atoms with Gasteiger partial charge in [0.15, 0.2) is 0 Å². The number of nitrogens with zero attached hydrogens (tertiary/aromatic N) is 1. The van der Waals surface area contributed by atoms with Gasteiger partial charge in [0, 0.05) is 25.6 Å². The smallest absolute Gasteiger partial charge is 0.269 e. The molecular weight excluding hydrogens is 244 g/mol. The lowest BCUT2D eigenvalue weighted by atomic mass is 9.83. The normalized spacial score (nSPS) is 20.6. The molecule has 1 saturated carbocycles. The number of nitrogens with one attached hydrogen (secondary N) is 1. The summed E-state index contributed by atoms with van der Waals surface area (Å²) in [6.07, 6.45) is 5.03. The van der Waals surface area contributed by atoms with Crippen molar-refractivity contribution >= 4 is 11.6 Å². The van der Waals surface area contributed by atoms with Gasteiger partial charge in [0.25, 0.3) is 5.91 Å². The zero-order chi connectivity index (χ0) is 14.5. The second-order valence-electron chi connectivity index (χ2n) is 5.34. The van der Waals surface area contributed by atoms with Gasteiger partial charge in [0.05, 0.1) is 11.4 Å². The Bertz CT molecular complexity index is 382. The van der Waals surface area contributed by atoms with Crippen molar-refractivity contribution in [1.82, 2.24) is 5.32 Å². The second kappa shape index (κ2) is 6.70. The Morgan fingerprint density at radius 1 is 1.53 bits per heavy atom. The Morgan fingerprint density at radius 3 is 2.58 bits per heavy atom. The summed E-state index contributed by atoms with van der Waals surface area (Å²) in [5, 5.41) is 22.3. The number of aliphatic hydroxyl groups excluding tert-OH is 1. The fraction of sp³-hybridized carbons (Fsp3) is 0.714. The third-order valence-corrected chi connectivity index (χ3v) is 3.67. The highest BCUT2D eigenvalue weighted by Crippen LogP contribution is 2.31. The highest BCUT2D eigenvalue weighted by Gasteiger charge is 2.23. The van der Waals surface area contributed by atoms with Crippen molar-refractivity contribution in [1.29, 1.82) is 0 Å². The fourth-order valence-corrected chi connectivity index (χ4v) is 1.68. The Balaban J connectivity index is 2.57. The molecule has 1 amide bonds. The third-order valence-electron chi connectivity index (χ3n) is 3.67. The molecule has 5 nitrogen and oxygen atoms in total. The number of carbonyl (C=O) groups excluding carboxylic acids is 1. The summed E-state index contributed by atoms with van der Waals surface area (Å²) < 4.78 is 0. The summed E-state index contributed by atoms with van der Waals surface area (Å²) in [6.45, 7) is 3.68. The summed E-state index contributed by atoms with van der Waals surface area (Å²) in [5.74, 6) is 0.0228. The molecule has 5 heteroatoms. The fourth-order valence-electron chi connectivity index (χ4n) is 1.68. The first-order chi connectivity index (χ1) is 8.89. The summed E-state index contributed by atoms with van der Waals surface area (Å²) >= 11 is 0. The quantitative estimate of drug-likeness (QED) is 0.505. The number of aliphatic hydroxyl groups is 2. The molecule has 19 heavy (non-hydrogen) atoms. The van der Waals surface area contributed by atoms with Crippen LogP contribution >= 0.6 is 0 Å². The summed E-state index contributed by atoms with van der Waals surface area (Å²) in [7, 11) is 1.51. The van der Waals surface area contributed by atoms with E-state index in [0.29, 0.717) is 6.42 Å². The lowest BCUT2D eigenvalue weighted by molar-refractivity contribution is -0.115. The van der Waals surface area contributed by atoms with Crippen LogP contribution in [0.5, 0.6) is 0 Å². The molecule has 0 aromatic rings. The standard InChI is InChI=1S/C14H24N2O3/c1-4-14(2,19)9-16-13(18)11(15-3)8-12(17)10-6-5-7-10/h8,10,17,19H,4-7,9H2,1-3H3,(H,16,18)/b12-8+,15-11+. The highest BCUT2D eigenvalue weighted by atomic mass is 16.3. The number of allylic oxidation sites excluding steroid dienone is 1. The van der Waals surface area contributed by atoms with Crippen LogP contribution in [-0.2, 0) is 4.79 Å². The highest BCUT2D eigenvalue weighted by molar-refractivity contribution is 6.43. The molecule has 0 aromatic carbocycles. The zero-order valence-corrected chi connectivity index (χ0v) is 11.9. The van der Waals surface area contributed by atoms with Crippen molar-refractivity contribution in [3.63, 3.8) is 0 Å². The van der Waals surface area contributed by atoms with Crippen LogP contribution in [0.25, 0.3) is 0 Å². The Kier molecular flexibility index (Phi) is 5.54. The molecule has 1 unspecified atom stereocenters. The number of rotatable bonds is 6. The van der Waals surface area contributed by atoms with Crippen LogP contribution in [-0.4, -0.2) is 41.0 Å². The molecule has 0 heterocycles. The van der Waals surface area contributed by atoms with Gasteiger partial charge in [-0.2, -0.15) is 0 Å². The van der Waals surface area contributed by atoms with Crippen molar-refractivity contribution in [3.8, 4) is 0 Å². The van der Waals surface area contributed by atoms with E-state index in [1.54, 1.807) is 6.92 Å². The summed E-state index contributed by atoms with van der Waals surface area (Å²) in [5.41, 5.74) is -0.731. The average molecular weight is 268 g/mol. The van der Waals surface area contributed by atoms with E-state index in [2.05, 4.69) is 10.3 Å². The maximum absolute atomic E-state index is 11.9. The van der Waals surface area contributed by atoms with Gasteiger partial charge in [0.2, 0.25) is 0 Å². The molecule has 0 aromatic heterocycles. The minimum absolute atomic E-state index is 0.166. The van der Waals surface area contributed by atoms with E-state index in [1.807, 2.05) is 6.92 Å². The molecular formula is C14H24N2O3. The van der Waals surface area contributed by atoms with Gasteiger partial charge in [-0.3, -0.25) is 9.79 Å².